The molecule has 2 aromatic carbocycles. The molecule has 0 radical (unpaired) electrons. The summed E-state index contributed by atoms with van der Waals surface area (Å²) in [6, 6.07) is 12.7. The molecule has 0 unspecified atom stereocenters. The molecule has 2 atom stereocenters. The van der Waals surface area contributed by atoms with Crippen LogP contribution in [-0.2, 0) is 9.47 Å². The highest BCUT2D eigenvalue weighted by Crippen LogP contribution is 2.45. The monoisotopic (exact) mass is 472 g/mol. The van der Waals surface area contributed by atoms with Crippen LogP contribution in [0.2, 0.25) is 10.0 Å². The fourth-order valence-electron chi connectivity index (χ4n) is 4.30. The molecule has 2 aliphatic carbocycles. The molecule has 0 aromatic heterocycles. The summed E-state index contributed by atoms with van der Waals surface area (Å²) in [6.07, 6.45) is 5.00. The van der Waals surface area contributed by atoms with Gasteiger partial charge in [0, 0.05) is 10.0 Å². The molecule has 2 saturated carbocycles. The number of nitrogens with two attached hydrogens (primary N) is 2. The summed E-state index contributed by atoms with van der Waals surface area (Å²) in [4.78, 5) is 8.58. The lowest BCUT2D eigenvalue weighted by Gasteiger charge is -2.12. The van der Waals surface area contributed by atoms with Crippen molar-refractivity contribution in [3.8, 4) is 0 Å². The van der Waals surface area contributed by atoms with Gasteiger partial charge in [-0.15, -0.1) is 0 Å². The maximum Gasteiger partial charge on any atom is 0.282 e. The van der Waals surface area contributed by atoms with Crippen LogP contribution in [0.3, 0.4) is 0 Å². The van der Waals surface area contributed by atoms with Crippen LogP contribution >= 0.6 is 23.2 Å². The first kappa shape index (κ1) is 21.4. The summed E-state index contributed by atoms with van der Waals surface area (Å²) < 4.78 is 10.4. The Bertz CT molecular complexity index is 994. The van der Waals surface area contributed by atoms with E-state index in [1.165, 1.54) is 47.9 Å². The minimum absolute atomic E-state index is 0.0490. The van der Waals surface area contributed by atoms with Crippen LogP contribution < -0.4 is 11.5 Å². The number of rotatable bonds is 4. The number of amidine groups is 2. The van der Waals surface area contributed by atoms with Gasteiger partial charge in [0.2, 0.25) is 0 Å². The number of hydrogen-bond acceptors (Lipinski definition) is 6. The van der Waals surface area contributed by atoms with Crippen molar-refractivity contribution in [3.63, 3.8) is 0 Å². The molecule has 2 aliphatic heterocycles. The van der Waals surface area contributed by atoms with E-state index in [4.69, 9.17) is 44.1 Å². The highest BCUT2D eigenvalue weighted by molar-refractivity contribution is 6.31. The molecule has 168 valence electrons. The third-order valence-electron chi connectivity index (χ3n) is 6.19. The van der Waals surface area contributed by atoms with E-state index >= 15 is 0 Å². The molecular weight excluding hydrogens is 447 g/mol. The molecule has 0 amide bonds. The van der Waals surface area contributed by atoms with E-state index in [0.717, 1.165) is 10.0 Å². The van der Waals surface area contributed by atoms with E-state index in [-0.39, 0.29) is 12.1 Å². The molecule has 32 heavy (non-hydrogen) atoms. The lowest BCUT2D eigenvalue weighted by Crippen LogP contribution is -2.10. The van der Waals surface area contributed by atoms with Gasteiger partial charge in [-0.05, 0) is 84.0 Å². The second-order valence-corrected chi connectivity index (χ2v) is 9.56. The van der Waals surface area contributed by atoms with Crippen LogP contribution in [0.1, 0.15) is 71.9 Å². The Hall–Kier alpha value is -2.44. The van der Waals surface area contributed by atoms with E-state index in [9.17, 15) is 0 Å². The summed E-state index contributed by atoms with van der Waals surface area (Å²) in [5, 5.41) is 1.59. The first-order chi connectivity index (χ1) is 15.5. The average Bonchev–Trinajstić information content (AvgIpc) is 3.70. The molecule has 2 fully saturated rings. The first-order valence-corrected chi connectivity index (χ1v) is 11.7. The van der Waals surface area contributed by atoms with Crippen LogP contribution in [0.15, 0.2) is 46.4 Å². The number of benzene rings is 2. The average molecular weight is 473 g/mol. The van der Waals surface area contributed by atoms with Crippen molar-refractivity contribution in [2.75, 3.05) is 13.2 Å². The van der Waals surface area contributed by atoms with Crippen molar-refractivity contribution in [2.45, 2.75) is 49.6 Å². The van der Waals surface area contributed by atoms with Crippen LogP contribution in [0.25, 0.3) is 0 Å². The Balaban J connectivity index is 0.000000135. The van der Waals surface area contributed by atoms with Gasteiger partial charge < -0.3 is 20.9 Å². The van der Waals surface area contributed by atoms with Gasteiger partial charge in [-0.2, -0.15) is 0 Å². The smallest absolute Gasteiger partial charge is 0.282 e. The highest BCUT2D eigenvalue weighted by atomic mass is 35.5. The van der Waals surface area contributed by atoms with Crippen molar-refractivity contribution in [1.29, 1.82) is 0 Å². The molecule has 6 nitrogen and oxygen atoms in total. The summed E-state index contributed by atoms with van der Waals surface area (Å²) in [5.74, 6) is 1.32. The van der Waals surface area contributed by atoms with Crippen molar-refractivity contribution in [3.05, 3.63) is 68.7 Å². The van der Waals surface area contributed by atoms with Gasteiger partial charge in [0.1, 0.15) is 25.3 Å². The second-order valence-electron chi connectivity index (χ2n) is 8.68. The zero-order valence-electron chi connectivity index (χ0n) is 17.6. The molecule has 4 N–H and O–H groups in total. The third-order valence-corrected chi connectivity index (χ3v) is 6.66. The van der Waals surface area contributed by atoms with Gasteiger partial charge in [-0.25, -0.2) is 9.98 Å². The van der Waals surface area contributed by atoms with E-state index in [0.29, 0.717) is 37.1 Å². The Morgan fingerprint density at radius 2 is 1.06 bits per heavy atom. The van der Waals surface area contributed by atoms with E-state index in [2.05, 4.69) is 22.1 Å². The van der Waals surface area contributed by atoms with E-state index in [1.54, 1.807) is 0 Å². The molecule has 4 aliphatic rings. The molecular formula is C24H26Cl2N4O2. The van der Waals surface area contributed by atoms with Crippen LogP contribution in [0.5, 0.6) is 0 Å². The van der Waals surface area contributed by atoms with Gasteiger partial charge in [0.25, 0.3) is 12.0 Å². The minimum Gasteiger partial charge on any atom is -0.463 e. The van der Waals surface area contributed by atoms with Crippen molar-refractivity contribution in [2.24, 2.45) is 21.5 Å². The summed E-state index contributed by atoms with van der Waals surface area (Å²) in [7, 11) is 0. The van der Waals surface area contributed by atoms with Gasteiger partial charge in [0.05, 0.1) is 0 Å². The van der Waals surface area contributed by atoms with E-state index in [1.807, 2.05) is 24.3 Å². The fourth-order valence-corrected chi connectivity index (χ4v) is 4.66. The third kappa shape index (κ3) is 4.81. The van der Waals surface area contributed by atoms with Gasteiger partial charge in [-0.3, -0.25) is 0 Å². The van der Waals surface area contributed by atoms with Gasteiger partial charge in [0.15, 0.2) is 0 Å². The molecule has 0 saturated heterocycles. The lowest BCUT2D eigenvalue weighted by molar-refractivity contribution is 0.314. The lowest BCUT2D eigenvalue weighted by atomic mass is 9.98. The number of aliphatic imine (C=N–C) groups is 2. The fraction of sp³-hybridized carbons (Fsp3) is 0.417. The van der Waals surface area contributed by atoms with Gasteiger partial charge >= 0.3 is 0 Å². The molecule has 8 heteroatoms. The zero-order valence-corrected chi connectivity index (χ0v) is 19.1. The number of halogens is 2. The number of hydrogen-bond donors (Lipinski definition) is 2. The minimum atomic E-state index is 0.0490. The molecule has 0 spiro atoms. The maximum absolute atomic E-state index is 6.03. The van der Waals surface area contributed by atoms with Gasteiger partial charge in [-0.1, -0.05) is 35.3 Å². The Morgan fingerprint density at radius 3 is 1.38 bits per heavy atom. The van der Waals surface area contributed by atoms with Crippen molar-refractivity contribution >= 4 is 35.2 Å². The predicted molar refractivity (Wildman–Crippen MR) is 127 cm³/mol. The SMILES string of the molecule is NC1=N[C@@H](c2ccc(Cl)cc2C2CC2)CO1.NC1=N[C@H](c2ccc(Cl)cc2C2CC2)CO1. The van der Waals surface area contributed by atoms with Crippen molar-refractivity contribution < 1.29 is 9.47 Å². The summed E-state index contributed by atoms with van der Waals surface area (Å²) >= 11 is 12.1. The molecule has 6 rings (SSSR count). The van der Waals surface area contributed by atoms with Crippen molar-refractivity contribution in [1.82, 2.24) is 0 Å². The Kier molecular flexibility index (Phi) is 5.91. The first-order valence-electron chi connectivity index (χ1n) is 11.0. The molecule has 2 aromatic rings. The second kappa shape index (κ2) is 8.83. The number of ether oxygens (including phenoxy) is 2. The van der Waals surface area contributed by atoms with E-state index < -0.39 is 0 Å². The normalized spacial score (nSPS) is 24.1. The highest BCUT2D eigenvalue weighted by Gasteiger charge is 2.31. The Morgan fingerprint density at radius 1 is 0.656 bits per heavy atom. The predicted octanol–water partition coefficient (Wildman–Crippen LogP) is 5.21. The summed E-state index contributed by atoms with van der Waals surface area (Å²) in [6.45, 7) is 1.10. The van der Waals surface area contributed by atoms with Crippen LogP contribution in [0.4, 0.5) is 0 Å². The zero-order chi connectivity index (χ0) is 22.2. The standard InChI is InChI=1S/2C12H13ClN2O/c2*13-8-3-4-9(10(5-8)7-1-2-7)11-6-16-12(14)15-11/h2*3-5,7,11H,1-2,6H2,(H2,14,15)/t2*11-/m10/s1. The number of nitrogens with zero attached hydrogens (tertiary/aromatic N) is 2. The molecule has 0 bridgehead atoms. The van der Waals surface area contributed by atoms with Crippen LogP contribution in [0, 0.1) is 0 Å². The van der Waals surface area contributed by atoms with Crippen LogP contribution in [-0.4, -0.2) is 25.3 Å². The summed E-state index contributed by atoms with van der Waals surface area (Å²) in [5.41, 5.74) is 16.1. The topological polar surface area (TPSA) is 95.2 Å². The molecule has 2 heterocycles. The maximum atomic E-state index is 6.03. The largest absolute Gasteiger partial charge is 0.463 e. The quantitative estimate of drug-likeness (QED) is 0.638. The Labute approximate surface area is 197 Å².